The molecule has 1 saturated heterocycles. The van der Waals surface area contributed by atoms with E-state index in [0.717, 1.165) is 25.1 Å². The maximum Gasteiger partial charge on any atom is 0.265 e. The van der Waals surface area contributed by atoms with Crippen LogP contribution in [0.2, 0.25) is 0 Å². The van der Waals surface area contributed by atoms with Gasteiger partial charge in [-0.3, -0.25) is 9.59 Å². The number of benzene rings is 1. The van der Waals surface area contributed by atoms with E-state index < -0.39 is 0 Å². The second-order valence-corrected chi connectivity index (χ2v) is 5.67. The Balaban J connectivity index is 1.66. The SMILES string of the molecule is NCC1CCCN1C(=O)CCN1C(=O)COc2ccccc21. The average molecular weight is 303 g/mol. The highest BCUT2D eigenvalue weighted by Gasteiger charge is 2.29. The van der Waals surface area contributed by atoms with Crippen molar-refractivity contribution in [2.75, 3.05) is 31.1 Å². The molecule has 1 unspecified atom stereocenters. The number of para-hydroxylation sites is 2. The molecule has 0 spiro atoms. The van der Waals surface area contributed by atoms with Crippen LogP contribution in [-0.2, 0) is 9.59 Å². The van der Waals surface area contributed by atoms with Gasteiger partial charge in [-0.2, -0.15) is 0 Å². The summed E-state index contributed by atoms with van der Waals surface area (Å²) in [6.07, 6.45) is 2.30. The van der Waals surface area contributed by atoms with Gasteiger partial charge in [0.25, 0.3) is 5.91 Å². The Bertz CT molecular complexity index is 576. The van der Waals surface area contributed by atoms with E-state index in [9.17, 15) is 9.59 Å². The Morgan fingerprint density at radius 2 is 2.18 bits per heavy atom. The number of rotatable bonds is 4. The summed E-state index contributed by atoms with van der Waals surface area (Å²) in [6.45, 7) is 1.69. The number of anilines is 1. The normalized spacial score (nSPS) is 20.8. The summed E-state index contributed by atoms with van der Waals surface area (Å²) in [5, 5.41) is 0. The molecule has 6 heteroatoms. The predicted molar refractivity (Wildman–Crippen MR) is 82.7 cm³/mol. The van der Waals surface area contributed by atoms with Crippen molar-refractivity contribution in [1.82, 2.24) is 4.90 Å². The summed E-state index contributed by atoms with van der Waals surface area (Å²) in [5.41, 5.74) is 6.45. The second kappa shape index (κ2) is 6.36. The van der Waals surface area contributed by atoms with Crippen LogP contribution in [-0.4, -0.2) is 49.0 Å². The van der Waals surface area contributed by atoms with Crippen LogP contribution in [0.25, 0.3) is 0 Å². The first-order valence-corrected chi connectivity index (χ1v) is 7.72. The van der Waals surface area contributed by atoms with Gasteiger partial charge in [0.1, 0.15) is 5.75 Å². The minimum absolute atomic E-state index is 0.0281. The van der Waals surface area contributed by atoms with Crippen molar-refractivity contribution in [2.24, 2.45) is 5.73 Å². The molecule has 0 bridgehead atoms. The number of fused-ring (bicyclic) bond motifs is 1. The van der Waals surface area contributed by atoms with Crippen molar-refractivity contribution in [3.63, 3.8) is 0 Å². The molecule has 2 amide bonds. The van der Waals surface area contributed by atoms with Crippen LogP contribution in [0.15, 0.2) is 24.3 Å². The highest BCUT2D eigenvalue weighted by atomic mass is 16.5. The number of ether oxygens (including phenoxy) is 1. The van der Waals surface area contributed by atoms with Gasteiger partial charge in [0.2, 0.25) is 5.91 Å². The van der Waals surface area contributed by atoms with Gasteiger partial charge in [-0.1, -0.05) is 12.1 Å². The second-order valence-electron chi connectivity index (χ2n) is 5.67. The molecule has 0 aromatic heterocycles. The van der Waals surface area contributed by atoms with Crippen molar-refractivity contribution in [3.8, 4) is 5.75 Å². The number of hydrogen-bond donors (Lipinski definition) is 1. The number of carbonyl (C=O) groups excluding carboxylic acids is 2. The van der Waals surface area contributed by atoms with E-state index in [-0.39, 0.29) is 24.5 Å². The number of likely N-dealkylation sites (tertiary alicyclic amines) is 1. The summed E-state index contributed by atoms with van der Waals surface area (Å²) in [5.74, 6) is 0.656. The smallest absolute Gasteiger partial charge is 0.265 e. The van der Waals surface area contributed by atoms with Crippen molar-refractivity contribution < 1.29 is 14.3 Å². The molecule has 2 heterocycles. The lowest BCUT2D eigenvalue weighted by Crippen LogP contribution is -2.44. The first-order chi connectivity index (χ1) is 10.7. The summed E-state index contributed by atoms with van der Waals surface area (Å²) in [6, 6.07) is 7.56. The Morgan fingerprint density at radius 1 is 1.36 bits per heavy atom. The van der Waals surface area contributed by atoms with E-state index >= 15 is 0 Å². The molecule has 1 aromatic carbocycles. The van der Waals surface area contributed by atoms with E-state index in [2.05, 4.69) is 0 Å². The maximum atomic E-state index is 12.4. The molecule has 1 aromatic rings. The van der Waals surface area contributed by atoms with Gasteiger partial charge in [0.05, 0.1) is 5.69 Å². The largest absolute Gasteiger partial charge is 0.482 e. The van der Waals surface area contributed by atoms with E-state index in [1.54, 1.807) is 4.90 Å². The average Bonchev–Trinajstić information content (AvgIpc) is 3.02. The molecule has 1 atom stereocenters. The zero-order valence-electron chi connectivity index (χ0n) is 12.5. The van der Waals surface area contributed by atoms with Gasteiger partial charge in [-0.05, 0) is 25.0 Å². The van der Waals surface area contributed by atoms with E-state index in [0.29, 0.717) is 25.3 Å². The van der Waals surface area contributed by atoms with E-state index in [1.807, 2.05) is 29.2 Å². The van der Waals surface area contributed by atoms with Gasteiger partial charge in [0.15, 0.2) is 6.61 Å². The molecule has 0 radical (unpaired) electrons. The van der Waals surface area contributed by atoms with Gasteiger partial charge < -0.3 is 20.3 Å². The van der Waals surface area contributed by atoms with Crippen LogP contribution in [0.1, 0.15) is 19.3 Å². The van der Waals surface area contributed by atoms with Crippen LogP contribution in [0.5, 0.6) is 5.75 Å². The third kappa shape index (κ3) is 2.78. The number of amides is 2. The van der Waals surface area contributed by atoms with Crippen LogP contribution in [0, 0.1) is 0 Å². The van der Waals surface area contributed by atoms with Gasteiger partial charge in [0, 0.05) is 32.1 Å². The summed E-state index contributed by atoms with van der Waals surface area (Å²) in [7, 11) is 0. The minimum atomic E-state index is -0.108. The first kappa shape index (κ1) is 14.8. The van der Waals surface area contributed by atoms with Gasteiger partial charge in [-0.25, -0.2) is 0 Å². The van der Waals surface area contributed by atoms with Crippen LogP contribution >= 0.6 is 0 Å². The lowest BCUT2D eigenvalue weighted by molar-refractivity contribution is -0.131. The quantitative estimate of drug-likeness (QED) is 0.890. The molecule has 1 fully saturated rings. The zero-order valence-corrected chi connectivity index (χ0v) is 12.5. The summed E-state index contributed by atoms with van der Waals surface area (Å²) < 4.78 is 5.40. The molecule has 3 rings (SSSR count). The lowest BCUT2D eigenvalue weighted by Gasteiger charge is -2.30. The first-order valence-electron chi connectivity index (χ1n) is 7.72. The monoisotopic (exact) mass is 303 g/mol. The molecule has 2 aliphatic rings. The van der Waals surface area contributed by atoms with Gasteiger partial charge >= 0.3 is 0 Å². The van der Waals surface area contributed by atoms with Gasteiger partial charge in [-0.15, -0.1) is 0 Å². The van der Waals surface area contributed by atoms with E-state index in [4.69, 9.17) is 10.5 Å². The van der Waals surface area contributed by atoms with Crippen LogP contribution < -0.4 is 15.4 Å². The fourth-order valence-electron chi connectivity index (χ4n) is 3.16. The molecule has 6 nitrogen and oxygen atoms in total. The molecule has 2 aliphatic heterocycles. The zero-order chi connectivity index (χ0) is 15.5. The van der Waals surface area contributed by atoms with Crippen molar-refractivity contribution in [1.29, 1.82) is 0 Å². The van der Waals surface area contributed by atoms with Crippen molar-refractivity contribution in [2.45, 2.75) is 25.3 Å². The van der Waals surface area contributed by atoms with Crippen molar-refractivity contribution >= 4 is 17.5 Å². The number of carbonyl (C=O) groups is 2. The molecule has 0 aliphatic carbocycles. The molecular formula is C16H21N3O3. The molecule has 22 heavy (non-hydrogen) atoms. The lowest BCUT2D eigenvalue weighted by atomic mass is 10.2. The molecule has 2 N–H and O–H groups in total. The Hall–Kier alpha value is -2.08. The number of nitrogens with zero attached hydrogens (tertiary/aromatic N) is 2. The number of nitrogens with two attached hydrogens (primary N) is 1. The fraction of sp³-hybridized carbons (Fsp3) is 0.500. The molecule has 118 valence electrons. The summed E-state index contributed by atoms with van der Waals surface area (Å²) in [4.78, 5) is 27.9. The van der Waals surface area contributed by atoms with E-state index in [1.165, 1.54) is 0 Å². The maximum absolute atomic E-state index is 12.4. The van der Waals surface area contributed by atoms with Crippen molar-refractivity contribution in [3.05, 3.63) is 24.3 Å². The fourth-order valence-corrected chi connectivity index (χ4v) is 3.16. The summed E-state index contributed by atoms with van der Waals surface area (Å²) >= 11 is 0. The Morgan fingerprint density at radius 3 is 3.00 bits per heavy atom. The Labute approximate surface area is 129 Å². The third-order valence-electron chi connectivity index (χ3n) is 4.33. The van der Waals surface area contributed by atoms with Crippen LogP contribution in [0.3, 0.4) is 0 Å². The third-order valence-corrected chi connectivity index (χ3v) is 4.33. The molecular weight excluding hydrogens is 282 g/mol. The highest BCUT2D eigenvalue weighted by Crippen LogP contribution is 2.31. The highest BCUT2D eigenvalue weighted by molar-refractivity contribution is 5.98. The number of hydrogen-bond acceptors (Lipinski definition) is 4. The topological polar surface area (TPSA) is 75.9 Å². The Kier molecular flexibility index (Phi) is 4.29. The van der Waals surface area contributed by atoms with Crippen LogP contribution in [0.4, 0.5) is 5.69 Å². The predicted octanol–water partition coefficient (Wildman–Crippen LogP) is 0.752. The standard InChI is InChI=1S/C16H21N3O3/c17-10-12-4-3-8-18(12)15(20)7-9-19-13-5-1-2-6-14(13)22-11-16(19)21/h1-2,5-6,12H,3-4,7-11,17H2. The molecule has 0 saturated carbocycles. The minimum Gasteiger partial charge on any atom is -0.482 e.